The molecule has 180 valence electrons. The molecule has 2 amide bonds. The third-order valence-electron chi connectivity index (χ3n) is 7.43. The van der Waals surface area contributed by atoms with Gasteiger partial charge in [-0.1, -0.05) is 0 Å². The van der Waals surface area contributed by atoms with Crippen molar-refractivity contribution in [2.75, 3.05) is 32.8 Å². The Kier molecular flexibility index (Phi) is 7.39. The van der Waals surface area contributed by atoms with Crippen LogP contribution in [0.2, 0.25) is 0 Å². The van der Waals surface area contributed by atoms with E-state index >= 15 is 0 Å². The fourth-order valence-corrected chi connectivity index (χ4v) is 5.53. The van der Waals surface area contributed by atoms with Crippen LogP contribution in [0.25, 0.3) is 10.9 Å². The van der Waals surface area contributed by atoms with Gasteiger partial charge in [-0.3, -0.25) is 9.59 Å². The van der Waals surface area contributed by atoms with E-state index in [9.17, 15) is 14.7 Å². The Hall–Kier alpha value is -2.38. The number of aromatic nitrogens is 1. The summed E-state index contributed by atoms with van der Waals surface area (Å²) < 4.78 is 7.87. The smallest absolute Gasteiger partial charge is 0.254 e. The fourth-order valence-electron chi connectivity index (χ4n) is 5.53. The Bertz CT molecular complexity index is 1010. The van der Waals surface area contributed by atoms with Gasteiger partial charge in [0.2, 0.25) is 5.91 Å². The number of likely N-dealkylation sites (N-methyl/N-ethyl adjacent to an activating group) is 1. The molecule has 1 aromatic carbocycles. The highest BCUT2D eigenvalue weighted by atomic mass is 16.5. The number of fused-ring (bicyclic) bond motifs is 3. The zero-order valence-corrected chi connectivity index (χ0v) is 20.1. The number of aliphatic hydroxyl groups excluding tert-OH is 1. The largest absolute Gasteiger partial charge is 0.392 e. The van der Waals surface area contributed by atoms with Crippen LogP contribution in [0.15, 0.2) is 18.2 Å². The second-order valence-corrected chi connectivity index (χ2v) is 9.64. The first-order valence-corrected chi connectivity index (χ1v) is 12.3. The maximum atomic E-state index is 13.3. The molecule has 2 atom stereocenters. The van der Waals surface area contributed by atoms with Crippen molar-refractivity contribution in [2.45, 2.75) is 52.1 Å². The van der Waals surface area contributed by atoms with Gasteiger partial charge < -0.3 is 24.6 Å². The molecule has 1 aromatic heterocycles. The predicted molar refractivity (Wildman–Crippen MR) is 128 cm³/mol. The number of amides is 2. The van der Waals surface area contributed by atoms with Crippen LogP contribution in [-0.2, 0) is 29.4 Å². The molecule has 0 saturated carbocycles. The van der Waals surface area contributed by atoms with Crippen molar-refractivity contribution >= 4 is 22.7 Å². The van der Waals surface area contributed by atoms with E-state index in [0.717, 1.165) is 44.8 Å². The lowest BCUT2D eigenvalue weighted by Gasteiger charge is -2.33. The van der Waals surface area contributed by atoms with E-state index < -0.39 is 6.10 Å². The number of hydrogen-bond acceptors (Lipinski definition) is 4. The number of carbonyl (C=O) groups is 2. The lowest BCUT2D eigenvalue weighted by atomic mass is 9.75. The van der Waals surface area contributed by atoms with Crippen LogP contribution in [0.4, 0.5) is 0 Å². The molecule has 2 aliphatic rings. The van der Waals surface area contributed by atoms with E-state index in [1.807, 2.05) is 25.1 Å². The second-order valence-electron chi connectivity index (χ2n) is 9.64. The molecule has 1 fully saturated rings. The molecular weight excluding hydrogens is 418 g/mol. The van der Waals surface area contributed by atoms with E-state index in [1.54, 1.807) is 11.8 Å². The average molecular weight is 456 g/mol. The molecule has 33 heavy (non-hydrogen) atoms. The topological polar surface area (TPSA) is 83.8 Å². The van der Waals surface area contributed by atoms with Crippen LogP contribution in [0.1, 0.15) is 54.7 Å². The summed E-state index contributed by atoms with van der Waals surface area (Å²) in [5, 5.41) is 13.2. The standard InChI is InChI=1S/C26H37N3O4/c1-4-29(16-25(31)27-15-17(2)30)26(32)20-6-8-24-22(14-20)21-13-19(5-7-23(21)28(24)3)18-9-11-33-12-10-18/h6,8,14,17-19,30H,4-5,7,9-13,15-16H2,1-3H3,(H,27,31). The third kappa shape index (κ3) is 5.09. The average Bonchev–Trinajstić information content (AvgIpc) is 3.12. The highest BCUT2D eigenvalue weighted by Crippen LogP contribution is 2.39. The minimum Gasteiger partial charge on any atom is -0.392 e. The minimum absolute atomic E-state index is 0.0151. The summed E-state index contributed by atoms with van der Waals surface area (Å²) in [6, 6.07) is 5.95. The monoisotopic (exact) mass is 455 g/mol. The molecule has 4 rings (SSSR count). The Labute approximate surface area is 196 Å². The highest BCUT2D eigenvalue weighted by molar-refractivity contribution is 6.00. The Morgan fingerprint density at radius 1 is 1.24 bits per heavy atom. The molecule has 2 N–H and O–H groups in total. The summed E-state index contributed by atoms with van der Waals surface area (Å²) in [5.74, 6) is 1.00. The van der Waals surface area contributed by atoms with E-state index in [-0.39, 0.29) is 24.9 Å². The number of nitrogens with zero attached hydrogens (tertiary/aromatic N) is 2. The Morgan fingerprint density at radius 2 is 2.00 bits per heavy atom. The van der Waals surface area contributed by atoms with Crippen molar-refractivity contribution in [1.29, 1.82) is 0 Å². The van der Waals surface area contributed by atoms with Crippen LogP contribution in [0.5, 0.6) is 0 Å². The SMILES string of the molecule is CCN(CC(=O)NCC(C)O)C(=O)c1ccc2c(c1)c1c(n2C)CCC(C2CCOCC2)C1. The molecular formula is C26H37N3O4. The molecule has 2 aromatic rings. The maximum Gasteiger partial charge on any atom is 0.254 e. The van der Waals surface area contributed by atoms with Gasteiger partial charge >= 0.3 is 0 Å². The summed E-state index contributed by atoms with van der Waals surface area (Å²) in [7, 11) is 2.13. The molecule has 2 heterocycles. The van der Waals surface area contributed by atoms with E-state index in [0.29, 0.717) is 18.0 Å². The number of aliphatic hydroxyl groups is 1. The molecule has 0 bridgehead atoms. The predicted octanol–water partition coefficient (Wildman–Crippen LogP) is 2.67. The van der Waals surface area contributed by atoms with Crippen LogP contribution in [0, 0.1) is 11.8 Å². The van der Waals surface area contributed by atoms with Crippen molar-refractivity contribution in [3.8, 4) is 0 Å². The summed E-state index contributed by atoms with van der Waals surface area (Å²) >= 11 is 0. The summed E-state index contributed by atoms with van der Waals surface area (Å²) in [5.41, 5.74) is 4.57. The normalized spacial score (nSPS) is 19.8. The number of carbonyl (C=O) groups excluding carboxylic acids is 2. The van der Waals surface area contributed by atoms with Gasteiger partial charge in [0.25, 0.3) is 5.91 Å². The van der Waals surface area contributed by atoms with Gasteiger partial charge in [-0.25, -0.2) is 0 Å². The first-order valence-electron chi connectivity index (χ1n) is 12.3. The lowest BCUT2D eigenvalue weighted by molar-refractivity contribution is -0.122. The van der Waals surface area contributed by atoms with Gasteiger partial charge in [0.1, 0.15) is 0 Å². The number of benzene rings is 1. The molecule has 7 heteroatoms. The van der Waals surface area contributed by atoms with Crippen LogP contribution in [-0.4, -0.2) is 65.3 Å². The van der Waals surface area contributed by atoms with Crippen LogP contribution in [0.3, 0.4) is 0 Å². The maximum absolute atomic E-state index is 13.3. The van der Waals surface area contributed by atoms with Crippen LogP contribution >= 0.6 is 0 Å². The van der Waals surface area contributed by atoms with Crippen LogP contribution < -0.4 is 5.32 Å². The first kappa shape index (κ1) is 23.8. The van der Waals surface area contributed by atoms with Crippen molar-refractivity contribution in [2.24, 2.45) is 18.9 Å². The lowest BCUT2D eigenvalue weighted by Crippen LogP contribution is -2.42. The van der Waals surface area contributed by atoms with Gasteiger partial charge in [0.15, 0.2) is 0 Å². The van der Waals surface area contributed by atoms with Gasteiger partial charge in [-0.15, -0.1) is 0 Å². The third-order valence-corrected chi connectivity index (χ3v) is 7.43. The van der Waals surface area contributed by atoms with E-state index in [4.69, 9.17) is 4.74 Å². The molecule has 2 unspecified atom stereocenters. The number of ether oxygens (including phenoxy) is 1. The quantitative estimate of drug-likeness (QED) is 0.672. The zero-order valence-electron chi connectivity index (χ0n) is 20.1. The summed E-state index contributed by atoms with van der Waals surface area (Å²) in [6.07, 6.45) is 5.05. The zero-order chi connectivity index (χ0) is 23.5. The highest BCUT2D eigenvalue weighted by Gasteiger charge is 2.31. The van der Waals surface area contributed by atoms with Gasteiger partial charge in [0, 0.05) is 55.5 Å². The van der Waals surface area contributed by atoms with Crippen molar-refractivity contribution < 1.29 is 19.4 Å². The van der Waals surface area contributed by atoms with Crippen molar-refractivity contribution in [1.82, 2.24) is 14.8 Å². The van der Waals surface area contributed by atoms with E-state index in [2.05, 4.69) is 16.9 Å². The Morgan fingerprint density at radius 3 is 2.70 bits per heavy atom. The molecule has 1 saturated heterocycles. The van der Waals surface area contributed by atoms with Gasteiger partial charge in [0.05, 0.1) is 12.6 Å². The molecule has 1 aliphatic carbocycles. The first-order chi connectivity index (χ1) is 15.9. The molecule has 0 spiro atoms. The second kappa shape index (κ2) is 10.3. The van der Waals surface area contributed by atoms with Crippen molar-refractivity contribution in [3.63, 3.8) is 0 Å². The van der Waals surface area contributed by atoms with Crippen molar-refractivity contribution in [3.05, 3.63) is 35.0 Å². The molecule has 7 nitrogen and oxygen atoms in total. The fraction of sp³-hybridized carbons (Fsp3) is 0.615. The van der Waals surface area contributed by atoms with Gasteiger partial charge in [-0.05, 0) is 81.5 Å². The van der Waals surface area contributed by atoms with E-state index in [1.165, 1.54) is 28.6 Å². The Balaban J connectivity index is 1.56. The minimum atomic E-state index is -0.614. The number of hydrogen-bond donors (Lipinski definition) is 2. The molecule has 1 aliphatic heterocycles. The summed E-state index contributed by atoms with van der Waals surface area (Å²) in [4.78, 5) is 27.0. The number of rotatable bonds is 7. The number of aryl methyl sites for hydroxylation is 1. The number of nitrogens with one attached hydrogen (secondary N) is 1. The molecule has 0 radical (unpaired) electrons. The summed E-state index contributed by atoms with van der Waals surface area (Å²) in [6.45, 7) is 5.85. The van der Waals surface area contributed by atoms with Gasteiger partial charge in [-0.2, -0.15) is 0 Å².